The lowest BCUT2D eigenvalue weighted by molar-refractivity contribution is 0.166. The summed E-state index contributed by atoms with van der Waals surface area (Å²) in [5.74, 6) is 0. The van der Waals surface area contributed by atoms with Crippen molar-refractivity contribution in [3.8, 4) is 0 Å². The summed E-state index contributed by atoms with van der Waals surface area (Å²) in [6.07, 6.45) is 8.52. The van der Waals surface area contributed by atoms with Gasteiger partial charge in [0.05, 0.1) is 4.75 Å². The zero-order valence-corrected chi connectivity index (χ0v) is 14.7. The van der Waals surface area contributed by atoms with Crippen molar-refractivity contribution in [2.45, 2.75) is 62.3 Å². The van der Waals surface area contributed by atoms with Crippen molar-refractivity contribution in [3.63, 3.8) is 0 Å². The van der Waals surface area contributed by atoms with Gasteiger partial charge in [0.1, 0.15) is 0 Å². The summed E-state index contributed by atoms with van der Waals surface area (Å²) in [6.45, 7) is 5.94. The van der Waals surface area contributed by atoms with Gasteiger partial charge in [0.2, 0.25) is 0 Å². The quantitative estimate of drug-likeness (QED) is 0.852. The Hall–Kier alpha value is -0.620. The van der Waals surface area contributed by atoms with E-state index < -0.39 is 10.8 Å². The molecule has 6 heteroatoms. The maximum absolute atomic E-state index is 12.5. The Morgan fingerprint density at radius 1 is 1.23 bits per heavy atom. The van der Waals surface area contributed by atoms with Crippen molar-refractivity contribution >= 4 is 16.8 Å². The fraction of sp³-hybridized carbons (Fsp3) is 0.938. The van der Waals surface area contributed by atoms with Gasteiger partial charge in [0, 0.05) is 42.2 Å². The van der Waals surface area contributed by atoms with Crippen LogP contribution in [0.2, 0.25) is 0 Å². The highest BCUT2D eigenvalue weighted by atomic mass is 32.2. The summed E-state index contributed by atoms with van der Waals surface area (Å²) in [5, 5.41) is 3.07. The molecule has 22 heavy (non-hydrogen) atoms. The summed E-state index contributed by atoms with van der Waals surface area (Å²) in [6, 6.07) is 0.833. The number of nitrogens with one attached hydrogen (secondary N) is 1. The molecule has 0 radical (unpaired) electrons. The minimum absolute atomic E-state index is 0.0333. The van der Waals surface area contributed by atoms with E-state index >= 15 is 0 Å². The molecule has 1 saturated carbocycles. The van der Waals surface area contributed by atoms with E-state index in [9.17, 15) is 9.00 Å². The zero-order chi connectivity index (χ0) is 15.7. The molecule has 0 aromatic rings. The Bertz CT molecular complexity index is 447. The van der Waals surface area contributed by atoms with Gasteiger partial charge in [0.25, 0.3) is 0 Å². The number of hydrogen-bond acceptors (Lipinski definition) is 3. The number of hydrogen-bond donors (Lipinski definition) is 1. The Balaban J connectivity index is 1.53. The monoisotopic (exact) mass is 327 g/mol. The molecular formula is C16H29N3O2S. The first-order chi connectivity index (χ1) is 10.5. The SMILES string of the molecule is CC1C(N2CCCC2)CCN1C(=O)NCC1(S(C)=O)CCC1. The standard InChI is InChI=1S/C16H29N3O2S/c1-13-14(18-9-3-4-10-18)6-11-19(13)15(20)17-12-16(22(2)21)7-5-8-16/h13-14H,3-12H2,1-2H3,(H,17,20). The highest BCUT2D eigenvalue weighted by Gasteiger charge is 2.42. The third kappa shape index (κ3) is 2.92. The molecule has 3 fully saturated rings. The van der Waals surface area contributed by atoms with Crippen LogP contribution in [0.15, 0.2) is 0 Å². The highest BCUT2D eigenvalue weighted by Crippen LogP contribution is 2.36. The van der Waals surface area contributed by atoms with Gasteiger partial charge in [-0.15, -0.1) is 0 Å². The Morgan fingerprint density at radius 2 is 1.91 bits per heavy atom. The molecule has 1 N–H and O–H groups in total. The molecule has 0 spiro atoms. The number of nitrogens with zero attached hydrogens (tertiary/aromatic N) is 2. The van der Waals surface area contributed by atoms with Crippen molar-refractivity contribution in [2.24, 2.45) is 0 Å². The van der Waals surface area contributed by atoms with Crippen LogP contribution in [0.1, 0.15) is 45.4 Å². The van der Waals surface area contributed by atoms with E-state index in [1.807, 2.05) is 4.90 Å². The van der Waals surface area contributed by atoms with Gasteiger partial charge in [-0.1, -0.05) is 6.42 Å². The van der Waals surface area contributed by atoms with E-state index in [0.717, 1.165) is 32.2 Å². The van der Waals surface area contributed by atoms with Gasteiger partial charge < -0.3 is 10.2 Å². The maximum Gasteiger partial charge on any atom is 0.317 e. The number of carbonyl (C=O) groups is 1. The first-order valence-electron chi connectivity index (χ1n) is 8.65. The van der Waals surface area contributed by atoms with Gasteiger partial charge in [-0.05, 0) is 52.1 Å². The molecule has 5 nitrogen and oxygen atoms in total. The molecule has 0 bridgehead atoms. The predicted molar refractivity (Wildman–Crippen MR) is 89.4 cm³/mol. The molecule has 2 amide bonds. The number of amides is 2. The predicted octanol–water partition coefficient (Wildman–Crippen LogP) is 1.56. The lowest BCUT2D eigenvalue weighted by Crippen LogP contribution is -2.54. The Kier molecular flexibility index (Phi) is 4.78. The van der Waals surface area contributed by atoms with Crippen LogP contribution in [0.5, 0.6) is 0 Å². The first kappa shape index (κ1) is 16.2. The van der Waals surface area contributed by atoms with Crippen LogP contribution in [-0.2, 0) is 10.8 Å². The fourth-order valence-electron chi connectivity index (χ4n) is 4.25. The Labute approximate surface area is 136 Å². The molecule has 3 aliphatic rings. The highest BCUT2D eigenvalue weighted by molar-refractivity contribution is 7.85. The molecule has 3 atom stereocenters. The van der Waals surface area contributed by atoms with Crippen LogP contribution in [0, 0.1) is 0 Å². The lowest BCUT2D eigenvalue weighted by atomic mass is 9.84. The zero-order valence-electron chi connectivity index (χ0n) is 13.8. The molecule has 1 aliphatic carbocycles. The summed E-state index contributed by atoms with van der Waals surface area (Å²) < 4.78 is 11.8. The van der Waals surface area contributed by atoms with Crippen LogP contribution < -0.4 is 5.32 Å². The minimum Gasteiger partial charge on any atom is -0.336 e. The second-order valence-electron chi connectivity index (χ2n) is 7.18. The molecule has 0 aromatic heterocycles. The van der Waals surface area contributed by atoms with Gasteiger partial charge in [0.15, 0.2) is 0 Å². The topological polar surface area (TPSA) is 52.6 Å². The molecule has 3 unspecified atom stereocenters. The average Bonchev–Trinajstić information content (AvgIpc) is 3.05. The second-order valence-corrected chi connectivity index (χ2v) is 8.96. The van der Waals surface area contributed by atoms with Crippen LogP contribution in [0.4, 0.5) is 4.79 Å². The van der Waals surface area contributed by atoms with Gasteiger partial charge in [-0.3, -0.25) is 9.11 Å². The number of urea groups is 1. The van der Waals surface area contributed by atoms with Crippen LogP contribution in [0.25, 0.3) is 0 Å². The van der Waals surface area contributed by atoms with E-state index in [1.165, 1.54) is 25.9 Å². The first-order valence-corrected chi connectivity index (χ1v) is 10.2. The van der Waals surface area contributed by atoms with Crippen molar-refractivity contribution in [3.05, 3.63) is 0 Å². The third-order valence-corrected chi connectivity index (χ3v) is 7.79. The Morgan fingerprint density at radius 3 is 2.45 bits per heavy atom. The summed E-state index contributed by atoms with van der Waals surface area (Å²) in [5.41, 5.74) is 0. The van der Waals surface area contributed by atoms with Gasteiger partial charge in [-0.25, -0.2) is 4.79 Å². The number of likely N-dealkylation sites (tertiary alicyclic amines) is 2. The second kappa shape index (κ2) is 6.48. The van der Waals surface area contributed by atoms with E-state index in [1.54, 1.807) is 6.26 Å². The average molecular weight is 327 g/mol. The van der Waals surface area contributed by atoms with E-state index in [-0.39, 0.29) is 16.8 Å². The molecule has 0 aromatic carbocycles. The van der Waals surface area contributed by atoms with E-state index in [2.05, 4.69) is 17.1 Å². The maximum atomic E-state index is 12.5. The van der Waals surface area contributed by atoms with Gasteiger partial charge in [-0.2, -0.15) is 0 Å². The smallest absolute Gasteiger partial charge is 0.317 e. The van der Waals surface area contributed by atoms with Crippen molar-refractivity contribution in [1.82, 2.24) is 15.1 Å². The fourth-order valence-corrected chi connectivity index (χ4v) is 5.39. The largest absolute Gasteiger partial charge is 0.336 e. The lowest BCUT2D eigenvalue weighted by Gasteiger charge is -2.40. The molecule has 2 saturated heterocycles. The normalized spacial score (nSPS) is 32.7. The summed E-state index contributed by atoms with van der Waals surface area (Å²) in [4.78, 5) is 17.1. The van der Waals surface area contributed by atoms with E-state index in [4.69, 9.17) is 0 Å². The number of carbonyl (C=O) groups excluding carboxylic acids is 1. The van der Waals surface area contributed by atoms with Gasteiger partial charge >= 0.3 is 6.03 Å². The van der Waals surface area contributed by atoms with E-state index in [0.29, 0.717) is 12.6 Å². The van der Waals surface area contributed by atoms with Crippen molar-refractivity contribution < 1.29 is 9.00 Å². The van der Waals surface area contributed by atoms with Crippen LogP contribution in [0.3, 0.4) is 0 Å². The van der Waals surface area contributed by atoms with Crippen molar-refractivity contribution in [2.75, 3.05) is 32.4 Å². The third-order valence-electron chi connectivity index (χ3n) is 6.02. The molecule has 2 aliphatic heterocycles. The molecule has 2 heterocycles. The molecular weight excluding hydrogens is 298 g/mol. The molecule has 3 rings (SSSR count). The van der Waals surface area contributed by atoms with Crippen LogP contribution in [-0.4, -0.2) is 69.3 Å². The summed E-state index contributed by atoms with van der Waals surface area (Å²) >= 11 is 0. The minimum atomic E-state index is -0.859. The van der Waals surface area contributed by atoms with Crippen molar-refractivity contribution in [1.29, 1.82) is 0 Å². The number of rotatable bonds is 4. The summed E-state index contributed by atoms with van der Waals surface area (Å²) in [7, 11) is -0.859. The molecule has 126 valence electrons. The van der Waals surface area contributed by atoms with Crippen LogP contribution >= 0.6 is 0 Å².